The first-order valence-electron chi connectivity index (χ1n) is 8.89. The van der Waals surface area contributed by atoms with Crippen molar-refractivity contribution in [3.63, 3.8) is 0 Å². The maximum absolute atomic E-state index is 3.79. The van der Waals surface area contributed by atoms with Crippen LogP contribution in [0.3, 0.4) is 0 Å². The van der Waals surface area contributed by atoms with E-state index in [1.165, 1.54) is 33.4 Å². The van der Waals surface area contributed by atoms with Gasteiger partial charge in [0.1, 0.15) is 0 Å². The Morgan fingerprint density at radius 2 is 0.852 bits per heavy atom. The standard InChI is InChI=1S/C25H18Br2/c26-24-15-7-13-20(18-9-3-1-4-10-18)22(24)17-23-21(14-8-16-25(23)27)19-11-5-2-6-12-19/h1-16H,17H2. The van der Waals surface area contributed by atoms with Crippen molar-refractivity contribution in [1.82, 2.24) is 0 Å². The zero-order chi connectivity index (χ0) is 18.6. The molecule has 0 fully saturated rings. The molecule has 27 heavy (non-hydrogen) atoms. The van der Waals surface area contributed by atoms with E-state index in [4.69, 9.17) is 0 Å². The Balaban J connectivity index is 1.85. The molecule has 0 heterocycles. The molecule has 4 aromatic carbocycles. The van der Waals surface area contributed by atoms with Gasteiger partial charge in [0.05, 0.1) is 0 Å². The molecule has 0 N–H and O–H groups in total. The van der Waals surface area contributed by atoms with Crippen molar-refractivity contribution in [3.8, 4) is 22.3 Å². The molecule has 0 aromatic heterocycles. The Morgan fingerprint density at radius 3 is 1.26 bits per heavy atom. The summed E-state index contributed by atoms with van der Waals surface area (Å²) in [7, 11) is 0. The number of hydrogen-bond acceptors (Lipinski definition) is 0. The van der Waals surface area contributed by atoms with Crippen LogP contribution >= 0.6 is 31.9 Å². The third kappa shape index (κ3) is 3.92. The summed E-state index contributed by atoms with van der Waals surface area (Å²) in [5, 5.41) is 0. The van der Waals surface area contributed by atoms with Gasteiger partial charge in [0.15, 0.2) is 0 Å². The van der Waals surface area contributed by atoms with Gasteiger partial charge in [0.2, 0.25) is 0 Å². The predicted molar refractivity (Wildman–Crippen MR) is 122 cm³/mol. The van der Waals surface area contributed by atoms with E-state index in [1.807, 2.05) is 0 Å². The van der Waals surface area contributed by atoms with E-state index in [9.17, 15) is 0 Å². The minimum atomic E-state index is 0.845. The smallest absolute Gasteiger partial charge is 0.0216 e. The topological polar surface area (TPSA) is 0 Å². The fourth-order valence-corrected chi connectivity index (χ4v) is 4.44. The molecule has 132 valence electrons. The lowest BCUT2D eigenvalue weighted by molar-refractivity contribution is 1.17. The van der Waals surface area contributed by atoms with Crippen molar-refractivity contribution in [3.05, 3.63) is 117 Å². The third-order valence-corrected chi connectivity index (χ3v) is 6.25. The highest BCUT2D eigenvalue weighted by atomic mass is 79.9. The lowest BCUT2D eigenvalue weighted by Gasteiger charge is -2.16. The zero-order valence-corrected chi connectivity index (χ0v) is 17.9. The highest BCUT2D eigenvalue weighted by molar-refractivity contribution is 9.10. The van der Waals surface area contributed by atoms with Crippen LogP contribution in [0.25, 0.3) is 22.3 Å². The van der Waals surface area contributed by atoms with Gasteiger partial charge < -0.3 is 0 Å². The molecule has 0 amide bonds. The SMILES string of the molecule is Brc1cccc(-c2ccccc2)c1Cc1c(Br)cccc1-c1ccccc1. The van der Waals surface area contributed by atoms with Gasteiger partial charge in [-0.2, -0.15) is 0 Å². The van der Waals surface area contributed by atoms with E-state index in [0.29, 0.717) is 0 Å². The summed E-state index contributed by atoms with van der Waals surface area (Å²) in [4.78, 5) is 0. The van der Waals surface area contributed by atoms with E-state index in [0.717, 1.165) is 15.4 Å². The number of rotatable bonds is 4. The molecule has 0 unspecified atom stereocenters. The van der Waals surface area contributed by atoms with E-state index in [2.05, 4.69) is 129 Å². The van der Waals surface area contributed by atoms with E-state index >= 15 is 0 Å². The molecule has 0 saturated heterocycles. The van der Waals surface area contributed by atoms with Crippen LogP contribution in [0.2, 0.25) is 0 Å². The van der Waals surface area contributed by atoms with E-state index < -0.39 is 0 Å². The van der Waals surface area contributed by atoms with Crippen LogP contribution in [0.15, 0.2) is 106 Å². The molecule has 0 aliphatic rings. The maximum Gasteiger partial charge on any atom is 0.0216 e. The predicted octanol–water partition coefficient (Wildman–Crippen LogP) is 8.14. The third-order valence-electron chi connectivity index (χ3n) is 4.76. The number of hydrogen-bond donors (Lipinski definition) is 0. The molecule has 0 atom stereocenters. The van der Waals surface area contributed by atoms with Crippen molar-refractivity contribution in [2.24, 2.45) is 0 Å². The van der Waals surface area contributed by atoms with Gasteiger partial charge in [0, 0.05) is 15.4 Å². The van der Waals surface area contributed by atoms with Crippen molar-refractivity contribution in [1.29, 1.82) is 0 Å². The largest absolute Gasteiger partial charge is 0.0622 e. The van der Waals surface area contributed by atoms with Gasteiger partial charge in [-0.25, -0.2) is 0 Å². The van der Waals surface area contributed by atoms with Gasteiger partial charge in [0.25, 0.3) is 0 Å². The molecule has 0 spiro atoms. The normalized spacial score (nSPS) is 10.7. The summed E-state index contributed by atoms with van der Waals surface area (Å²) in [5.41, 5.74) is 7.60. The Bertz CT molecular complexity index is 967. The molecule has 0 saturated carbocycles. The van der Waals surface area contributed by atoms with Crippen molar-refractivity contribution in [2.45, 2.75) is 6.42 Å². The summed E-state index contributed by atoms with van der Waals surface area (Å²) >= 11 is 7.58. The van der Waals surface area contributed by atoms with Crippen molar-refractivity contribution < 1.29 is 0 Å². The van der Waals surface area contributed by atoms with E-state index in [-0.39, 0.29) is 0 Å². The second-order valence-corrected chi connectivity index (χ2v) is 8.15. The summed E-state index contributed by atoms with van der Waals surface area (Å²) in [5.74, 6) is 0. The molecular weight excluding hydrogens is 460 g/mol. The summed E-state index contributed by atoms with van der Waals surface area (Å²) in [6.07, 6.45) is 0.845. The molecule has 2 heteroatoms. The van der Waals surface area contributed by atoms with Gasteiger partial charge in [-0.05, 0) is 45.5 Å². The second kappa shape index (κ2) is 8.24. The van der Waals surface area contributed by atoms with Crippen LogP contribution in [0.1, 0.15) is 11.1 Å². The number of benzene rings is 4. The fraction of sp³-hybridized carbons (Fsp3) is 0.0400. The van der Waals surface area contributed by atoms with Crippen LogP contribution < -0.4 is 0 Å². The molecular formula is C25H18Br2. The molecule has 4 rings (SSSR count). The summed E-state index contributed by atoms with van der Waals surface area (Å²) in [6.45, 7) is 0. The minimum absolute atomic E-state index is 0.845. The maximum atomic E-state index is 3.79. The van der Waals surface area contributed by atoms with Gasteiger partial charge in [-0.1, -0.05) is 117 Å². The fourth-order valence-electron chi connectivity index (χ4n) is 3.43. The van der Waals surface area contributed by atoms with Crippen LogP contribution in [-0.2, 0) is 6.42 Å². The Hall–Kier alpha value is -2.16. The Morgan fingerprint density at radius 1 is 0.444 bits per heavy atom. The Labute approximate surface area is 177 Å². The van der Waals surface area contributed by atoms with Gasteiger partial charge >= 0.3 is 0 Å². The lowest BCUT2D eigenvalue weighted by Crippen LogP contribution is -1.98. The molecule has 4 aromatic rings. The van der Waals surface area contributed by atoms with Crippen LogP contribution in [-0.4, -0.2) is 0 Å². The first kappa shape index (κ1) is 18.2. The highest BCUT2D eigenvalue weighted by Crippen LogP contribution is 2.36. The average Bonchev–Trinajstić information content (AvgIpc) is 2.72. The van der Waals surface area contributed by atoms with Crippen molar-refractivity contribution in [2.75, 3.05) is 0 Å². The molecule has 0 aliphatic heterocycles. The molecule has 0 bridgehead atoms. The number of halogens is 2. The summed E-state index contributed by atoms with van der Waals surface area (Å²) in [6, 6.07) is 34.0. The lowest BCUT2D eigenvalue weighted by atomic mass is 9.91. The molecule has 0 nitrogen and oxygen atoms in total. The Kier molecular flexibility index (Phi) is 5.56. The van der Waals surface area contributed by atoms with Crippen molar-refractivity contribution >= 4 is 31.9 Å². The quantitative estimate of drug-likeness (QED) is 0.278. The van der Waals surface area contributed by atoms with Crippen LogP contribution in [0, 0.1) is 0 Å². The molecule has 0 radical (unpaired) electrons. The zero-order valence-electron chi connectivity index (χ0n) is 14.7. The van der Waals surface area contributed by atoms with Gasteiger partial charge in [-0.3, -0.25) is 0 Å². The summed E-state index contributed by atoms with van der Waals surface area (Å²) < 4.78 is 2.28. The van der Waals surface area contributed by atoms with Crippen LogP contribution in [0.4, 0.5) is 0 Å². The van der Waals surface area contributed by atoms with Gasteiger partial charge in [-0.15, -0.1) is 0 Å². The van der Waals surface area contributed by atoms with Crippen LogP contribution in [0.5, 0.6) is 0 Å². The second-order valence-electron chi connectivity index (χ2n) is 6.44. The first-order valence-corrected chi connectivity index (χ1v) is 10.5. The average molecular weight is 478 g/mol. The highest BCUT2D eigenvalue weighted by Gasteiger charge is 2.14. The monoisotopic (exact) mass is 476 g/mol. The minimum Gasteiger partial charge on any atom is -0.0622 e. The van der Waals surface area contributed by atoms with E-state index in [1.54, 1.807) is 0 Å². The first-order chi connectivity index (χ1) is 13.2. The molecule has 0 aliphatic carbocycles.